The Kier molecular flexibility index (Phi) is 4.55. The second kappa shape index (κ2) is 8.68. The van der Waals surface area contributed by atoms with Gasteiger partial charge >= 0.3 is 0 Å². The molecule has 0 bridgehead atoms. The number of nitrogens with zero attached hydrogens (tertiary/aromatic N) is 4. The molecule has 4 nitrogen and oxygen atoms in total. The van der Waals surface area contributed by atoms with Crippen LogP contribution in [-0.4, -0.2) is 18.9 Å². The van der Waals surface area contributed by atoms with Gasteiger partial charge in [0.1, 0.15) is 0 Å². The van der Waals surface area contributed by atoms with Crippen LogP contribution < -0.4 is 0 Å². The predicted octanol–water partition coefficient (Wildman–Crippen LogP) is 10.7. The van der Waals surface area contributed by atoms with Crippen LogP contribution in [0.4, 0.5) is 0 Å². The third-order valence-electron chi connectivity index (χ3n) is 9.85. The molecule has 4 heterocycles. The highest BCUT2D eigenvalue weighted by Crippen LogP contribution is 2.44. The van der Waals surface area contributed by atoms with E-state index >= 15 is 0 Å². The van der Waals surface area contributed by atoms with E-state index in [0.717, 1.165) is 33.2 Å². The molecule has 0 spiro atoms. The molecule has 0 aliphatic heterocycles. The highest BCUT2D eigenvalue weighted by molar-refractivity contribution is 6.31. The number of benzene rings is 7. The fourth-order valence-electron chi connectivity index (χ4n) is 7.98. The molecule has 7 aromatic carbocycles. The SMILES string of the molecule is c1ccc(-c2nc(-n3c4ccccc4c4ccc5c(ccc6c5c5cccc7c8ccccc8n6c75)c43)nc3ccccc23)cc1. The molecule has 0 radical (unpaired) electrons. The van der Waals surface area contributed by atoms with Crippen LogP contribution in [-0.2, 0) is 0 Å². The zero-order chi connectivity index (χ0) is 29.9. The fourth-order valence-corrected chi connectivity index (χ4v) is 7.98. The van der Waals surface area contributed by atoms with Crippen LogP contribution in [0, 0.1) is 0 Å². The molecule has 0 unspecified atom stereocenters. The maximum absolute atomic E-state index is 5.33. The normalized spacial score (nSPS) is 12.3. The van der Waals surface area contributed by atoms with Crippen LogP contribution in [0.2, 0.25) is 0 Å². The number of rotatable bonds is 2. The average Bonchev–Trinajstić information content (AvgIpc) is 3.77. The third-order valence-corrected chi connectivity index (χ3v) is 9.85. The van der Waals surface area contributed by atoms with Crippen LogP contribution in [0.25, 0.3) is 98.8 Å². The van der Waals surface area contributed by atoms with Crippen molar-refractivity contribution in [3.63, 3.8) is 0 Å². The van der Waals surface area contributed by atoms with Gasteiger partial charge < -0.3 is 4.40 Å². The summed E-state index contributed by atoms with van der Waals surface area (Å²) in [7, 11) is 0. The summed E-state index contributed by atoms with van der Waals surface area (Å²) >= 11 is 0. The summed E-state index contributed by atoms with van der Waals surface area (Å²) in [6.07, 6.45) is 0. The summed E-state index contributed by atoms with van der Waals surface area (Å²) in [4.78, 5) is 10.6. The van der Waals surface area contributed by atoms with Gasteiger partial charge in [0.2, 0.25) is 5.95 Å². The maximum atomic E-state index is 5.33. The number of fused-ring (bicyclic) bond motifs is 13. The Labute approximate surface area is 262 Å². The monoisotopic (exact) mass is 584 g/mol. The van der Waals surface area contributed by atoms with Crippen molar-refractivity contribution in [2.75, 3.05) is 0 Å². The number of hydrogen-bond donors (Lipinski definition) is 0. The number of aromatic nitrogens is 4. The Morgan fingerprint density at radius 3 is 1.85 bits per heavy atom. The molecule has 0 fully saturated rings. The summed E-state index contributed by atoms with van der Waals surface area (Å²) in [6.45, 7) is 0. The van der Waals surface area contributed by atoms with Gasteiger partial charge in [-0.25, -0.2) is 9.97 Å². The molecule has 4 heteroatoms. The van der Waals surface area contributed by atoms with E-state index in [-0.39, 0.29) is 0 Å². The van der Waals surface area contributed by atoms with Gasteiger partial charge in [-0.1, -0.05) is 121 Å². The quantitative estimate of drug-likeness (QED) is 0.203. The summed E-state index contributed by atoms with van der Waals surface area (Å²) in [5, 5.41) is 11.0. The van der Waals surface area contributed by atoms with E-state index in [1.165, 1.54) is 59.6 Å². The van der Waals surface area contributed by atoms with Gasteiger partial charge in [-0.15, -0.1) is 0 Å². The van der Waals surface area contributed by atoms with Crippen molar-refractivity contribution in [1.29, 1.82) is 0 Å². The minimum atomic E-state index is 0.677. The van der Waals surface area contributed by atoms with E-state index in [2.05, 4.69) is 148 Å². The first kappa shape index (κ1) is 24.1. The Bertz CT molecular complexity index is 3020. The molecule has 0 atom stereocenters. The maximum Gasteiger partial charge on any atom is 0.235 e. The van der Waals surface area contributed by atoms with Crippen molar-refractivity contribution in [2.45, 2.75) is 0 Å². The van der Waals surface area contributed by atoms with Crippen molar-refractivity contribution in [1.82, 2.24) is 18.9 Å². The van der Waals surface area contributed by atoms with Crippen molar-refractivity contribution in [2.24, 2.45) is 0 Å². The molecule has 212 valence electrons. The van der Waals surface area contributed by atoms with E-state index in [1.807, 2.05) is 6.07 Å². The van der Waals surface area contributed by atoms with E-state index in [1.54, 1.807) is 0 Å². The lowest BCUT2D eigenvalue weighted by Gasteiger charge is -2.13. The van der Waals surface area contributed by atoms with E-state index in [0.29, 0.717) is 5.95 Å². The molecular formula is C42H24N4. The van der Waals surface area contributed by atoms with E-state index < -0.39 is 0 Å². The molecule has 0 aliphatic carbocycles. The van der Waals surface area contributed by atoms with Crippen molar-refractivity contribution >= 4 is 81.6 Å². The van der Waals surface area contributed by atoms with Gasteiger partial charge in [-0.2, -0.15) is 0 Å². The lowest BCUT2D eigenvalue weighted by Crippen LogP contribution is -2.03. The smallest absolute Gasteiger partial charge is 0.235 e. The highest BCUT2D eigenvalue weighted by Gasteiger charge is 2.22. The molecular weight excluding hydrogens is 560 g/mol. The second-order valence-corrected chi connectivity index (χ2v) is 12.2. The van der Waals surface area contributed by atoms with Gasteiger partial charge in [0, 0.05) is 48.7 Å². The first-order chi connectivity index (χ1) is 22.8. The Balaban J connectivity index is 1.32. The lowest BCUT2D eigenvalue weighted by atomic mass is 10.00. The summed E-state index contributed by atoms with van der Waals surface area (Å²) < 4.78 is 4.73. The van der Waals surface area contributed by atoms with Crippen molar-refractivity contribution in [3.8, 4) is 17.2 Å². The van der Waals surface area contributed by atoms with Crippen molar-refractivity contribution < 1.29 is 0 Å². The van der Waals surface area contributed by atoms with Crippen LogP contribution in [0.15, 0.2) is 146 Å². The summed E-state index contributed by atoms with van der Waals surface area (Å²) in [5.41, 5.74) is 8.93. The molecule has 0 N–H and O–H groups in total. The molecule has 11 aromatic rings. The minimum absolute atomic E-state index is 0.677. The zero-order valence-electron chi connectivity index (χ0n) is 24.6. The topological polar surface area (TPSA) is 35.1 Å². The number of hydrogen-bond acceptors (Lipinski definition) is 2. The summed E-state index contributed by atoms with van der Waals surface area (Å²) in [6, 6.07) is 52.1. The van der Waals surface area contributed by atoms with Gasteiger partial charge in [-0.05, 0) is 29.7 Å². The predicted molar refractivity (Wildman–Crippen MR) is 191 cm³/mol. The van der Waals surface area contributed by atoms with Crippen LogP contribution in [0.5, 0.6) is 0 Å². The molecule has 0 saturated carbocycles. The van der Waals surface area contributed by atoms with Crippen LogP contribution in [0.3, 0.4) is 0 Å². The molecule has 0 amide bonds. The first-order valence-corrected chi connectivity index (χ1v) is 15.7. The fraction of sp³-hybridized carbons (Fsp3) is 0. The molecule has 11 rings (SSSR count). The summed E-state index contributed by atoms with van der Waals surface area (Å²) in [5.74, 6) is 0.677. The standard InChI is InChI=1S/C42H24N4/c1-2-11-25(12-3-1)39-32-15-4-7-18-34(32)43-42(44-39)46-36-20-9-6-14-27(36)30-22-21-28-31(40(30)46)23-24-37-38(28)33-17-10-16-29-26-13-5-8-19-35(26)45(37)41(29)33/h1-24H. The Hall–Kier alpha value is -6.26. The van der Waals surface area contributed by atoms with Crippen molar-refractivity contribution in [3.05, 3.63) is 146 Å². The van der Waals surface area contributed by atoms with E-state index in [4.69, 9.17) is 9.97 Å². The molecule has 0 saturated heterocycles. The average molecular weight is 585 g/mol. The second-order valence-electron chi connectivity index (χ2n) is 12.2. The first-order valence-electron chi connectivity index (χ1n) is 15.7. The lowest BCUT2D eigenvalue weighted by molar-refractivity contribution is 1.02. The molecule has 0 aliphatic rings. The molecule has 4 aromatic heterocycles. The Morgan fingerprint density at radius 2 is 0.978 bits per heavy atom. The molecule has 46 heavy (non-hydrogen) atoms. The van der Waals surface area contributed by atoms with Gasteiger partial charge in [0.15, 0.2) is 0 Å². The zero-order valence-corrected chi connectivity index (χ0v) is 24.6. The minimum Gasteiger partial charge on any atom is -0.308 e. The highest BCUT2D eigenvalue weighted by atomic mass is 15.2. The number of para-hydroxylation sites is 4. The van der Waals surface area contributed by atoms with Gasteiger partial charge in [-0.3, -0.25) is 4.57 Å². The Morgan fingerprint density at radius 1 is 0.370 bits per heavy atom. The van der Waals surface area contributed by atoms with Gasteiger partial charge in [0.25, 0.3) is 0 Å². The van der Waals surface area contributed by atoms with Crippen LogP contribution >= 0.6 is 0 Å². The van der Waals surface area contributed by atoms with Crippen LogP contribution in [0.1, 0.15) is 0 Å². The largest absolute Gasteiger partial charge is 0.308 e. The van der Waals surface area contributed by atoms with E-state index in [9.17, 15) is 0 Å². The van der Waals surface area contributed by atoms with Gasteiger partial charge in [0.05, 0.1) is 38.8 Å². The third kappa shape index (κ3) is 2.98.